The number of fused-ring (bicyclic) bond motifs is 1. The minimum Gasteiger partial charge on any atom is -0.497 e. The monoisotopic (exact) mass is 447 g/mol. The molecule has 172 valence electrons. The molecule has 7 heteroatoms. The van der Waals surface area contributed by atoms with Gasteiger partial charge in [-0.15, -0.1) is 0 Å². The molecule has 4 rings (SSSR count). The number of allylic oxidation sites excluding steroid dienone is 1. The van der Waals surface area contributed by atoms with E-state index in [2.05, 4.69) is 16.4 Å². The fourth-order valence-electron chi connectivity index (χ4n) is 4.55. The Morgan fingerprint density at radius 3 is 2.45 bits per heavy atom. The van der Waals surface area contributed by atoms with E-state index in [1.165, 1.54) is 0 Å². The number of ketones is 2. The Morgan fingerprint density at radius 1 is 1.15 bits per heavy atom. The summed E-state index contributed by atoms with van der Waals surface area (Å²) >= 11 is 0. The molecule has 7 nitrogen and oxygen atoms in total. The average Bonchev–Trinajstić information content (AvgIpc) is 3.36. The Balaban J connectivity index is 1.80. The maximum absolute atomic E-state index is 13.8. The van der Waals surface area contributed by atoms with Crippen molar-refractivity contribution < 1.29 is 19.1 Å². The molecule has 0 bridgehead atoms. The number of aliphatic imine (C=N–C) groups is 1. The fraction of sp³-hybridized carbons (Fsp3) is 0.346. The Kier molecular flexibility index (Phi) is 6.49. The third-order valence-electron chi connectivity index (χ3n) is 6.12. The molecule has 1 saturated heterocycles. The first-order chi connectivity index (χ1) is 16.0. The molecule has 1 atom stereocenters. The van der Waals surface area contributed by atoms with Crippen molar-refractivity contribution in [2.75, 3.05) is 31.5 Å². The summed E-state index contributed by atoms with van der Waals surface area (Å²) in [5.41, 5.74) is 4.38. The summed E-state index contributed by atoms with van der Waals surface area (Å²) in [5, 5.41) is 3.43. The van der Waals surface area contributed by atoms with Gasteiger partial charge in [0.2, 0.25) is 0 Å². The number of para-hydroxylation sites is 1. The van der Waals surface area contributed by atoms with Crippen molar-refractivity contribution in [1.29, 1.82) is 0 Å². The summed E-state index contributed by atoms with van der Waals surface area (Å²) in [6, 6.07) is 13.1. The molecular weight excluding hydrogens is 418 g/mol. The molecule has 1 unspecified atom stereocenters. The van der Waals surface area contributed by atoms with Crippen LogP contribution in [0.15, 0.2) is 58.7 Å². The summed E-state index contributed by atoms with van der Waals surface area (Å²) in [7, 11) is 4.90. The Bertz CT molecular complexity index is 1100. The third-order valence-corrected chi connectivity index (χ3v) is 6.12. The summed E-state index contributed by atoms with van der Waals surface area (Å²) < 4.78 is 10.9. The van der Waals surface area contributed by atoms with Crippen LogP contribution in [-0.4, -0.2) is 44.7 Å². The third kappa shape index (κ3) is 4.35. The quantitative estimate of drug-likeness (QED) is 0.642. The number of nitrogens with zero attached hydrogens (tertiary/aromatic N) is 2. The van der Waals surface area contributed by atoms with E-state index < -0.39 is 6.04 Å². The number of ether oxygens (including phenoxy) is 2. The van der Waals surface area contributed by atoms with Crippen molar-refractivity contribution in [2.45, 2.75) is 38.6 Å². The second-order valence-corrected chi connectivity index (χ2v) is 8.27. The maximum atomic E-state index is 13.8. The first-order valence-electron chi connectivity index (χ1n) is 11.1. The van der Waals surface area contributed by atoms with Gasteiger partial charge in [0.1, 0.15) is 23.1 Å². The molecule has 1 N–H and O–H groups in total. The summed E-state index contributed by atoms with van der Waals surface area (Å²) in [5.74, 6) is 1.99. The second-order valence-electron chi connectivity index (χ2n) is 8.27. The first kappa shape index (κ1) is 22.6. The Hall–Kier alpha value is -3.61. The predicted octanol–water partition coefficient (Wildman–Crippen LogP) is 4.17. The zero-order chi connectivity index (χ0) is 23.5. The van der Waals surface area contributed by atoms with Crippen LogP contribution in [0, 0.1) is 0 Å². The molecule has 2 aromatic carbocycles. The van der Waals surface area contributed by atoms with Gasteiger partial charge < -0.3 is 24.5 Å². The number of benzene rings is 2. The van der Waals surface area contributed by atoms with E-state index in [9.17, 15) is 9.59 Å². The Labute approximate surface area is 194 Å². The number of Topliss-reactive ketones (excluding diaryl/α,β-unsaturated/α-hetero) is 2. The SMILES string of the molecule is CN=C1C(=C2Cc3ccccc3N2)C(=O)C(CCCC(C)=O)N1c1cc(OC)cc(OC)c1. The van der Waals surface area contributed by atoms with Crippen molar-refractivity contribution in [1.82, 2.24) is 0 Å². The standard InChI is InChI=1S/C26H29N3O4/c1-16(30)8-7-11-23-25(31)24(22-12-17-9-5-6-10-21(17)28-22)26(27-2)29(23)18-13-19(32-3)15-20(14-18)33-4/h5-6,9-10,13-15,23,28H,7-8,11-12H2,1-4H3. The zero-order valence-electron chi connectivity index (χ0n) is 19.5. The van der Waals surface area contributed by atoms with Crippen LogP contribution in [0.5, 0.6) is 11.5 Å². The van der Waals surface area contributed by atoms with Crippen molar-refractivity contribution in [3.8, 4) is 11.5 Å². The zero-order valence-corrected chi connectivity index (χ0v) is 19.5. The molecule has 0 saturated carbocycles. The normalized spacial score (nSPS) is 20.7. The smallest absolute Gasteiger partial charge is 0.191 e. The van der Waals surface area contributed by atoms with E-state index in [1.807, 2.05) is 35.2 Å². The highest BCUT2D eigenvalue weighted by Crippen LogP contribution is 2.39. The number of amidine groups is 1. The highest BCUT2D eigenvalue weighted by molar-refractivity contribution is 6.36. The summed E-state index contributed by atoms with van der Waals surface area (Å²) in [4.78, 5) is 31.9. The first-order valence-corrected chi connectivity index (χ1v) is 11.1. The molecule has 2 heterocycles. The Morgan fingerprint density at radius 2 is 1.85 bits per heavy atom. The van der Waals surface area contributed by atoms with Gasteiger partial charge in [-0.05, 0) is 31.4 Å². The molecular formula is C26H29N3O4. The molecule has 0 aliphatic carbocycles. The highest BCUT2D eigenvalue weighted by atomic mass is 16.5. The van der Waals surface area contributed by atoms with Gasteiger partial charge in [-0.25, -0.2) is 0 Å². The van der Waals surface area contributed by atoms with Crippen LogP contribution < -0.4 is 19.7 Å². The van der Waals surface area contributed by atoms with Crippen molar-refractivity contribution >= 4 is 28.8 Å². The molecule has 0 amide bonds. The lowest BCUT2D eigenvalue weighted by molar-refractivity contribution is -0.118. The number of methoxy groups -OCH3 is 2. The van der Waals surface area contributed by atoms with Crippen LogP contribution in [0.3, 0.4) is 0 Å². The molecule has 2 aliphatic heterocycles. The molecule has 1 fully saturated rings. The molecule has 0 spiro atoms. The highest BCUT2D eigenvalue weighted by Gasteiger charge is 2.44. The van der Waals surface area contributed by atoms with Gasteiger partial charge in [-0.1, -0.05) is 18.2 Å². The van der Waals surface area contributed by atoms with E-state index in [1.54, 1.807) is 34.3 Å². The van der Waals surface area contributed by atoms with E-state index in [0.29, 0.717) is 48.6 Å². The van der Waals surface area contributed by atoms with Gasteiger partial charge in [0.05, 0.1) is 31.5 Å². The molecule has 0 radical (unpaired) electrons. The van der Waals surface area contributed by atoms with E-state index in [4.69, 9.17) is 9.47 Å². The van der Waals surface area contributed by atoms with E-state index >= 15 is 0 Å². The number of hydrogen-bond donors (Lipinski definition) is 1. The maximum Gasteiger partial charge on any atom is 0.191 e. The number of anilines is 2. The molecule has 2 aliphatic rings. The number of carbonyl (C=O) groups is 2. The molecule has 0 aromatic heterocycles. The molecule has 2 aromatic rings. The number of nitrogens with one attached hydrogen (secondary N) is 1. The lowest BCUT2D eigenvalue weighted by atomic mass is 10.0. The van der Waals surface area contributed by atoms with Gasteiger partial charge in [0.15, 0.2) is 5.78 Å². The van der Waals surface area contributed by atoms with Crippen LogP contribution in [0.4, 0.5) is 11.4 Å². The minimum absolute atomic E-state index is 0.0104. The predicted molar refractivity (Wildman–Crippen MR) is 130 cm³/mol. The van der Waals surface area contributed by atoms with E-state index in [0.717, 1.165) is 22.6 Å². The van der Waals surface area contributed by atoms with Crippen molar-refractivity contribution in [2.24, 2.45) is 4.99 Å². The van der Waals surface area contributed by atoms with Crippen LogP contribution >= 0.6 is 0 Å². The van der Waals surface area contributed by atoms with Crippen LogP contribution in [-0.2, 0) is 16.0 Å². The molecule has 33 heavy (non-hydrogen) atoms. The average molecular weight is 448 g/mol. The van der Waals surface area contributed by atoms with Gasteiger partial charge >= 0.3 is 0 Å². The van der Waals surface area contributed by atoms with Gasteiger partial charge in [0.25, 0.3) is 0 Å². The van der Waals surface area contributed by atoms with Crippen molar-refractivity contribution in [3.63, 3.8) is 0 Å². The van der Waals surface area contributed by atoms with E-state index in [-0.39, 0.29) is 11.6 Å². The largest absolute Gasteiger partial charge is 0.497 e. The van der Waals surface area contributed by atoms with Crippen LogP contribution in [0.1, 0.15) is 31.7 Å². The lowest BCUT2D eigenvalue weighted by Gasteiger charge is -2.26. The van der Waals surface area contributed by atoms with Crippen LogP contribution in [0.25, 0.3) is 0 Å². The number of hydrogen-bond acceptors (Lipinski definition) is 6. The fourth-order valence-corrected chi connectivity index (χ4v) is 4.55. The second kappa shape index (κ2) is 9.48. The van der Waals surface area contributed by atoms with Gasteiger partial charge in [0, 0.05) is 49.5 Å². The number of carbonyl (C=O) groups excluding carboxylic acids is 2. The lowest BCUT2D eigenvalue weighted by Crippen LogP contribution is -2.35. The van der Waals surface area contributed by atoms with Crippen molar-refractivity contribution in [3.05, 3.63) is 59.3 Å². The van der Waals surface area contributed by atoms with Crippen LogP contribution in [0.2, 0.25) is 0 Å². The topological polar surface area (TPSA) is 80.2 Å². The minimum atomic E-state index is -0.465. The summed E-state index contributed by atoms with van der Waals surface area (Å²) in [6.07, 6.45) is 2.25. The summed E-state index contributed by atoms with van der Waals surface area (Å²) in [6.45, 7) is 1.58. The van der Waals surface area contributed by atoms with Gasteiger partial charge in [-0.3, -0.25) is 9.79 Å². The van der Waals surface area contributed by atoms with Gasteiger partial charge in [-0.2, -0.15) is 0 Å². The number of rotatable bonds is 7.